The zero-order chi connectivity index (χ0) is 13.6. The highest BCUT2D eigenvalue weighted by Gasteiger charge is 2.35. The largest absolute Gasteiger partial charge is 0.479 e. The highest BCUT2D eigenvalue weighted by atomic mass is 16.5. The van der Waals surface area contributed by atoms with Crippen LogP contribution in [0.5, 0.6) is 0 Å². The van der Waals surface area contributed by atoms with Gasteiger partial charge in [-0.15, -0.1) is 0 Å². The van der Waals surface area contributed by atoms with E-state index in [0.29, 0.717) is 18.4 Å². The lowest BCUT2D eigenvalue weighted by Gasteiger charge is -2.26. The van der Waals surface area contributed by atoms with E-state index in [2.05, 4.69) is 18.7 Å². The molecule has 18 heavy (non-hydrogen) atoms. The van der Waals surface area contributed by atoms with Crippen LogP contribution >= 0.6 is 0 Å². The third kappa shape index (κ3) is 3.95. The predicted molar refractivity (Wildman–Crippen MR) is 71.7 cm³/mol. The number of aliphatic carboxylic acids is 1. The van der Waals surface area contributed by atoms with Crippen molar-refractivity contribution in [2.45, 2.75) is 52.6 Å². The monoisotopic (exact) mass is 257 g/mol. The van der Waals surface area contributed by atoms with E-state index >= 15 is 0 Å². The smallest absolute Gasteiger partial charge is 0.332 e. The first-order chi connectivity index (χ1) is 8.56. The van der Waals surface area contributed by atoms with E-state index in [0.717, 1.165) is 19.6 Å². The standard InChI is InChI=1S/C14H27NO3/c1-4-14(5-2)8-10-15(11-14)9-7-12(13(16)17)18-6-3/h12H,4-11H2,1-3H3,(H,16,17). The van der Waals surface area contributed by atoms with Gasteiger partial charge < -0.3 is 14.7 Å². The van der Waals surface area contributed by atoms with Crippen molar-refractivity contribution >= 4 is 5.97 Å². The van der Waals surface area contributed by atoms with Crippen LogP contribution in [-0.2, 0) is 9.53 Å². The maximum absolute atomic E-state index is 11.0. The Hall–Kier alpha value is -0.610. The van der Waals surface area contributed by atoms with Gasteiger partial charge in [-0.25, -0.2) is 4.79 Å². The van der Waals surface area contributed by atoms with Gasteiger partial charge in [0.1, 0.15) is 0 Å². The van der Waals surface area contributed by atoms with Crippen molar-refractivity contribution < 1.29 is 14.6 Å². The first-order valence-electron chi connectivity index (χ1n) is 7.13. The molecule has 4 nitrogen and oxygen atoms in total. The van der Waals surface area contributed by atoms with Crippen molar-refractivity contribution in [3.8, 4) is 0 Å². The van der Waals surface area contributed by atoms with Crippen LogP contribution in [0.15, 0.2) is 0 Å². The second kappa shape index (κ2) is 7.10. The number of hydrogen-bond acceptors (Lipinski definition) is 3. The molecule has 0 aromatic carbocycles. The molecule has 0 radical (unpaired) electrons. The molecule has 0 aliphatic carbocycles. The van der Waals surface area contributed by atoms with Gasteiger partial charge in [0.25, 0.3) is 0 Å². The molecule has 0 aromatic heterocycles. The maximum Gasteiger partial charge on any atom is 0.332 e. The van der Waals surface area contributed by atoms with Gasteiger partial charge in [0, 0.05) is 19.7 Å². The lowest BCUT2D eigenvalue weighted by molar-refractivity contribution is -0.150. The molecule has 1 fully saturated rings. The molecule has 0 amide bonds. The number of ether oxygens (including phenoxy) is 1. The zero-order valence-corrected chi connectivity index (χ0v) is 11.9. The third-order valence-electron chi connectivity index (χ3n) is 4.37. The number of carboxylic acids is 1. The van der Waals surface area contributed by atoms with E-state index in [1.165, 1.54) is 19.3 Å². The number of hydrogen-bond donors (Lipinski definition) is 1. The van der Waals surface area contributed by atoms with Crippen LogP contribution in [0.2, 0.25) is 0 Å². The Kier molecular flexibility index (Phi) is 6.09. The molecular weight excluding hydrogens is 230 g/mol. The molecule has 0 aromatic rings. The van der Waals surface area contributed by atoms with E-state index in [9.17, 15) is 4.79 Å². The van der Waals surface area contributed by atoms with Crippen molar-refractivity contribution in [3.63, 3.8) is 0 Å². The Labute approximate surface area is 110 Å². The Morgan fingerprint density at radius 2 is 2.06 bits per heavy atom. The fraction of sp³-hybridized carbons (Fsp3) is 0.929. The molecular formula is C14H27NO3. The summed E-state index contributed by atoms with van der Waals surface area (Å²) in [6.45, 7) is 9.85. The van der Waals surface area contributed by atoms with E-state index in [-0.39, 0.29) is 0 Å². The first kappa shape index (κ1) is 15.4. The number of likely N-dealkylation sites (tertiary alicyclic amines) is 1. The van der Waals surface area contributed by atoms with Crippen LogP contribution in [0.25, 0.3) is 0 Å². The van der Waals surface area contributed by atoms with Crippen LogP contribution in [-0.4, -0.2) is 48.3 Å². The number of nitrogens with zero attached hydrogens (tertiary/aromatic N) is 1. The first-order valence-corrected chi connectivity index (χ1v) is 7.13. The van der Waals surface area contributed by atoms with Crippen molar-refractivity contribution in [1.82, 2.24) is 4.90 Å². The highest BCUT2D eigenvalue weighted by molar-refractivity contribution is 5.72. The summed E-state index contributed by atoms with van der Waals surface area (Å²) < 4.78 is 5.24. The maximum atomic E-state index is 11.0. The summed E-state index contributed by atoms with van der Waals surface area (Å²) >= 11 is 0. The van der Waals surface area contributed by atoms with Gasteiger partial charge in [0.15, 0.2) is 6.10 Å². The topological polar surface area (TPSA) is 49.8 Å². The summed E-state index contributed by atoms with van der Waals surface area (Å²) in [6, 6.07) is 0. The summed E-state index contributed by atoms with van der Waals surface area (Å²) in [7, 11) is 0. The summed E-state index contributed by atoms with van der Waals surface area (Å²) in [4.78, 5) is 13.4. The molecule has 1 unspecified atom stereocenters. The zero-order valence-electron chi connectivity index (χ0n) is 11.9. The molecule has 1 N–H and O–H groups in total. The van der Waals surface area contributed by atoms with Gasteiger partial charge >= 0.3 is 5.97 Å². The molecule has 106 valence electrons. The fourth-order valence-electron chi connectivity index (χ4n) is 2.82. The van der Waals surface area contributed by atoms with E-state index in [4.69, 9.17) is 9.84 Å². The molecule has 0 bridgehead atoms. The third-order valence-corrected chi connectivity index (χ3v) is 4.37. The quantitative estimate of drug-likeness (QED) is 0.725. The molecule has 1 heterocycles. The van der Waals surface area contributed by atoms with E-state index in [1.807, 2.05) is 6.92 Å². The molecule has 1 saturated heterocycles. The van der Waals surface area contributed by atoms with Gasteiger partial charge in [0.2, 0.25) is 0 Å². The minimum atomic E-state index is -0.840. The van der Waals surface area contributed by atoms with Crippen molar-refractivity contribution in [2.75, 3.05) is 26.2 Å². The van der Waals surface area contributed by atoms with Crippen LogP contribution in [0.1, 0.15) is 46.5 Å². The Morgan fingerprint density at radius 3 is 2.50 bits per heavy atom. The minimum Gasteiger partial charge on any atom is -0.479 e. The molecule has 0 spiro atoms. The van der Waals surface area contributed by atoms with Crippen LogP contribution in [0.4, 0.5) is 0 Å². The predicted octanol–water partition coefficient (Wildman–Crippen LogP) is 2.38. The highest BCUT2D eigenvalue weighted by Crippen LogP contribution is 2.36. The summed E-state index contributed by atoms with van der Waals surface area (Å²) in [6.07, 6.45) is 3.62. The normalized spacial score (nSPS) is 21.1. The van der Waals surface area contributed by atoms with Crippen LogP contribution in [0.3, 0.4) is 0 Å². The van der Waals surface area contributed by atoms with Gasteiger partial charge in [0.05, 0.1) is 0 Å². The van der Waals surface area contributed by atoms with Crippen molar-refractivity contribution in [1.29, 1.82) is 0 Å². The molecule has 1 aliphatic heterocycles. The summed E-state index contributed by atoms with van der Waals surface area (Å²) in [5.41, 5.74) is 0.463. The summed E-state index contributed by atoms with van der Waals surface area (Å²) in [5.74, 6) is -0.840. The van der Waals surface area contributed by atoms with Crippen molar-refractivity contribution in [2.24, 2.45) is 5.41 Å². The van der Waals surface area contributed by atoms with Gasteiger partial charge in [-0.05, 0) is 44.6 Å². The molecule has 1 atom stereocenters. The van der Waals surface area contributed by atoms with E-state index in [1.54, 1.807) is 0 Å². The average Bonchev–Trinajstić information content (AvgIpc) is 2.78. The Bertz CT molecular complexity index is 264. The van der Waals surface area contributed by atoms with Crippen LogP contribution < -0.4 is 0 Å². The lowest BCUT2D eigenvalue weighted by atomic mass is 9.82. The van der Waals surface area contributed by atoms with Gasteiger partial charge in [-0.2, -0.15) is 0 Å². The lowest BCUT2D eigenvalue weighted by Crippen LogP contribution is -2.32. The summed E-state index contributed by atoms with van der Waals surface area (Å²) in [5, 5.41) is 9.03. The molecule has 1 rings (SSSR count). The Balaban J connectivity index is 2.38. The number of carboxylic acid groups (broad SMARTS) is 1. The van der Waals surface area contributed by atoms with Crippen molar-refractivity contribution in [3.05, 3.63) is 0 Å². The second-order valence-electron chi connectivity index (χ2n) is 5.30. The SMILES string of the molecule is CCOC(CCN1CCC(CC)(CC)C1)C(=O)O. The minimum absolute atomic E-state index is 0.463. The fourth-order valence-corrected chi connectivity index (χ4v) is 2.82. The van der Waals surface area contributed by atoms with Gasteiger partial charge in [-0.1, -0.05) is 13.8 Å². The Morgan fingerprint density at radius 1 is 1.39 bits per heavy atom. The molecule has 0 saturated carbocycles. The number of carbonyl (C=O) groups is 1. The van der Waals surface area contributed by atoms with Crippen LogP contribution in [0, 0.1) is 5.41 Å². The van der Waals surface area contributed by atoms with Gasteiger partial charge in [-0.3, -0.25) is 0 Å². The molecule has 1 aliphatic rings. The second-order valence-corrected chi connectivity index (χ2v) is 5.30. The molecule has 4 heteroatoms. The number of rotatable bonds is 8. The van der Waals surface area contributed by atoms with E-state index < -0.39 is 12.1 Å². The average molecular weight is 257 g/mol.